The highest BCUT2D eigenvalue weighted by Crippen LogP contribution is 2.40. The van der Waals surface area contributed by atoms with Gasteiger partial charge in [0.05, 0.1) is 67.7 Å². The summed E-state index contributed by atoms with van der Waals surface area (Å²) in [4.78, 5) is 158. The Morgan fingerprint density at radius 3 is 2.25 bits per heavy atom. The number of aliphatic hydroxyl groups is 2. The molecule has 5 aromatic heterocycles. The summed E-state index contributed by atoms with van der Waals surface area (Å²) in [6, 6.07) is 12.3. The zero-order valence-electron chi connectivity index (χ0n) is 78.5. The molecule has 7 N–H and O–H groups in total. The second kappa shape index (κ2) is 44.1. The molecule has 718 valence electrons. The number of nitrogens with two attached hydrogens (primary N) is 2. The van der Waals surface area contributed by atoms with Crippen LogP contribution in [0.15, 0.2) is 121 Å². The average Bonchev–Trinajstić information content (AvgIpc) is 1.59. The summed E-state index contributed by atoms with van der Waals surface area (Å²) in [6.07, 6.45) is 18.0. The SMILES string of the molecule is CO[C@H]1C[C@@H]2CC[C@@H](C)[C@@](O)(O2)C(=O)C(=O)N2CCCC[C@H]2C(=O)O[C@H]([C@H](N)C[C@@H]2CC[C@@H](OC(=O)N3CCc4nc(N5CCN(C(=O)CCOCCN6CCN(c7ncc(C(=O)N8CCc9cc(Cn%10nc(-c%11ccc%12[nH]ccc%12c%11)c%11c(N)ncnc%11%10)ccc9C8)cn7)CC6)CC5)ncc4C3)[C@H](OC)C2)CC(=O)[C@H](C)/C=C(\C)[C@@H](O)[C@@H](OC)C(=O)[C@H](C)C[C@H](C)/C=C/C=C/C=C/1C. The molecular formula is C99H130N18O17. The Hall–Kier alpha value is -11.2. The van der Waals surface area contributed by atoms with Crippen molar-refractivity contribution in [2.75, 3.05) is 129 Å². The van der Waals surface area contributed by atoms with Crippen LogP contribution in [0.1, 0.15) is 163 Å². The first-order valence-electron chi connectivity index (χ1n) is 47.5. The summed E-state index contributed by atoms with van der Waals surface area (Å²) < 4.78 is 44.3. The lowest BCUT2D eigenvalue weighted by Gasteiger charge is -2.42. The number of aromatic amines is 1. The molecular weight excluding hydrogens is 1710 g/mol. The van der Waals surface area contributed by atoms with Crippen molar-refractivity contribution in [2.45, 2.75) is 218 Å². The van der Waals surface area contributed by atoms with Crippen LogP contribution in [0.3, 0.4) is 0 Å². The van der Waals surface area contributed by atoms with Crippen molar-refractivity contribution in [1.82, 2.24) is 69.2 Å². The number of H-pyrrole nitrogens is 1. The molecule has 2 bridgehead atoms. The van der Waals surface area contributed by atoms with Crippen LogP contribution in [0.5, 0.6) is 0 Å². The van der Waals surface area contributed by atoms with Gasteiger partial charge in [-0.1, -0.05) is 88.4 Å². The summed E-state index contributed by atoms with van der Waals surface area (Å²) in [5.74, 6) is -7.30. The number of nitrogens with one attached hydrogen (secondary N) is 1. The number of ketones is 3. The first-order valence-corrected chi connectivity index (χ1v) is 47.5. The molecule has 0 radical (unpaired) electrons. The molecule has 1 aliphatic carbocycles. The van der Waals surface area contributed by atoms with Crippen molar-refractivity contribution in [1.29, 1.82) is 0 Å². The first-order chi connectivity index (χ1) is 64.6. The van der Waals surface area contributed by atoms with Gasteiger partial charge in [0.1, 0.15) is 54.1 Å². The Morgan fingerprint density at radius 2 is 1.48 bits per heavy atom. The first kappa shape index (κ1) is 97.4. The van der Waals surface area contributed by atoms with Gasteiger partial charge in [0.25, 0.3) is 17.6 Å². The largest absolute Gasteiger partial charge is 0.459 e. The molecule has 12 heterocycles. The number of piperidine rings is 1. The number of nitrogen functional groups attached to an aromatic ring is 1. The highest BCUT2D eigenvalue weighted by molar-refractivity contribution is 6.39. The number of hydrogen-bond acceptors (Lipinski definition) is 29. The normalized spacial score (nSPS) is 28.2. The van der Waals surface area contributed by atoms with Crippen LogP contribution in [0.4, 0.5) is 22.5 Å². The number of benzene rings is 2. The Bertz CT molecular complexity index is 5490. The van der Waals surface area contributed by atoms with E-state index in [1.54, 1.807) is 71.5 Å². The zero-order valence-corrected chi connectivity index (χ0v) is 78.5. The minimum Gasteiger partial charge on any atom is -0.459 e. The third-order valence-corrected chi connectivity index (χ3v) is 28.4. The van der Waals surface area contributed by atoms with Gasteiger partial charge in [-0.25, -0.2) is 44.2 Å². The van der Waals surface area contributed by atoms with E-state index in [-0.39, 0.29) is 74.6 Å². The van der Waals surface area contributed by atoms with E-state index in [0.29, 0.717) is 189 Å². The third kappa shape index (κ3) is 22.8. The number of carbonyl (C=O) groups excluding carboxylic acids is 8. The van der Waals surface area contributed by atoms with Gasteiger partial charge in [0.15, 0.2) is 11.4 Å². The van der Waals surface area contributed by atoms with Crippen LogP contribution >= 0.6 is 0 Å². The summed E-state index contributed by atoms with van der Waals surface area (Å²) in [5.41, 5.74) is 23.5. The molecule has 0 unspecified atom stereocenters. The molecule has 1 saturated carbocycles. The number of piperazine rings is 2. The van der Waals surface area contributed by atoms with Crippen molar-refractivity contribution in [3.63, 3.8) is 0 Å². The number of aliphatic hydroxyl groups excluding tert-OH is 1. The summed E-state index contributed by atoms with van der Waals surface area (Å²) in [6.45, 7) is 19.3. The van der Waals surface area contributed by atoms with Gasteiger partial charge in [-0.2, -0.15) is 5.10 Å². The Labute approximate surface area is 781 Å². The van der Waals surface area contributed by atoms with Gasteiger partial charge < -0.3 is 89.2 Å². The van der Waals surface area contributed by atoms with Gasteiger partial charge >= 0.3 is 12.1 Å². The van der Waals surface area contributed by atoms with E-state index in [2.05, 4.69) is 63.9 Å². The maximum absolute atomic E-state index is 14.8. The number of carbonyl (C=O) groups is 8. The number of amides is 4. The minimum atomic E-state index is -2.51. The fraction of sp³-hybridized carbons (Fsp3) is 0.566. The molecule has 8 aliphatic rings. The van der Waals surface area contributed by atoms with Crippen LogP contribution in [0.25, 0.3) is 33.2 Å². The molecule has 5 fully saturated rings. The van der Waals surface area contributed by atoms with E-state index in [4.69, 9.17) is 59.7 Å². The number of anilines is 3. The monoisotopic (exact) mass is 1840 g/mol. The highest BCUT2D eigenvalue weighted by Gasteiger charge is 2.54. The number of cyclic esters (lactones) is 1. The van der Waals surface area contributed by atoms with E-state index in [0.717, 1.165) is 68.1 Å². The topological polar surface area (TPSA) is 427 Å². The number of methoxy groups -OCH3 is 3. The summed E-state index contributed by atoms with van der Waals surface area (Å²) in [5, 5.41) is 30.7. The van der Waals surface area contributed by atoms with Gasteiger partial charge in [0.2, 0.25) is 23.6 Å². The number of hydrogen-bond donors (Lipinski definition) is 5. The number of rotatable bonds is 19. The zero-order chi connectivity index (χ0) is 94.6. The smallest absolute Gasteiger partial charge is 0.410 e. The fourth-order valence-electron chi connectivity index (χ4n) is 20.1. The van der Waals surface area contributed by atoms with Crippen molar-refractivity contribution in [3.8, 4) is 11.3 Å². The van der Waals surface area contributed by atoms with E-state index in [1.807, 2.05) is 83.1 Å². The molecule has 15 rings (SSSR count). The average molecular weight is 1840 g/mol. The Morgan fingerprint density at radius 1 is 0.716 bits per heavy atom. The third-order valence-electron chi connectivity index (χ3n) is 28.4. The van der Waals surface area contributed by atoms with Crippen molar-refractivity contribution in [2.24, 2.45) is 35.3 Å². The maximum atomic E-state index is 14.8. The minimum absolute atomic E-state index is 0.00560. The van der Waals surface area contributed by atoms with Crippen LogP contribution < -0.4 is 21.3 Å². The van der Waals surface area contributed by atoms with E-state index in [1.165, 1.54) is 19.0 Å². The lowest BCUT2D eigenvalue weighted by molar-refractivity contribution is -0.265. The number of ether oxygens (including phenoxy) is 7. The van der Waals surface area contributed by atoms with Crippen LogP contribution in [-0.4, -0.2) is 300 Å². The van der Waals surface area contributed by atoms with Gasteiger partial charge in [-0.05, 0) is 142 Å². The standard InChI is InChI=1S/C99H130N18O17/c1-60-15-11-10-12-16-61(2)81(128-7)51-74-23-18-65(6)99(127,134-74)90(122)94(124)116-31-14-13-17-78(116)95(125)132-82(52-79(118)62(3)46-64(5)88(121)89(130-9)87(120)63(4)45-60)75(100)48-66-20-25-80(83(49-66)129-8)133-98(126)115-33-28-77-73(58-115)55-105-97(108-77)113-40-38-111(39-41-113)84(119)29-43-131-44-42-110-34-36-112(37-35-110)96-103-53-72(54-104-96)93(123)114-32-27-68-47-67(19-21-71(68)57-114)56-117-92-85(91(101)106-59-107-92)86(109-117)70-22-24-76-69(50-70)26-30-102-76/h10-12,15-16,19,21-22,24,26,30,46-47,50,53-55,59-60,62-63,65-66,74-75,78,80-83,88-89,102,121,127H,13-14,17-18,20,23,25,27-29,31-45,48-49,51-52,56-58,100H2,1-9H3,(H2,101,106,107)/b12-10+,15-11+,61-16+,64-46+/t60-,62-,63-,65-,66+,74+,75-,78+,80-,81+,82+,83-,88-,89+,99-/m1/s1. The molecule has 7 aromatic rings. The van der Waals surface area contributed by atoms with Crippen molar-refractivity contribution in [3.05, 3.63) is 155 Å². The predicted molar refractivity (Wildman–Crippen MR) is 500 cm³/mol. The second-order valence-electron chi connectivity index (χ2n) is 37.6. The number of aromatic nitrogens is 9. The van der Waals surface area contributed by atoms with E-state index in [9.17, 15) is 48.6 Å². The number of allylic oxidation sites excluding steroid dienone is 6. The summed E-state index contributed by atoms with van der Waals surface area (Å²) in [7, 11) is 4.47. The van der Waals surface area contributed by atoms with Crippen molar-refractivity contribution < 1.29 is 81.7 Å². The highest BCUT2D eigenvalue weighted by atomic mass is 16.6. The Balaban J connectivity index is 0.485. The van der Waals surface area contributed by atoms with Crippen molar-refractivity contribution >= 4 is 86.8 Å². The fourth-order valence-corrected chi connectivity index (χ4v) is 20.1. The van der Waals surface area contributed by atoms with Gasteiger partial charge in [0, 0.05) is 196 Å². The molecule has 7 aliphatic heterocycles. The van der Waals surface area contributed by atoms with Crippen LogP contribution in [0, 0.1) is 29.6 Å². The quantitative estimate of drug-likeness (QED) is 0.0219. The van der Waals surface area contributed by atoms with Gasteiger partial charge in [-0.15, -0.1) is 0 Å². The maximum Gasteiger partial charge on any atom is 0.410 e. The Kier molecular flexibility index (Phi) is 32.1. The molecule has 0 spiro atoms. The number of fused-ring (bicyclic) bond motifs is 7. The molecule has 4 saturated heterocycles. The molecule has 15 atom stereocenters. The molecule has 2 aromatic carbocycles. The van der Waals surface area contributed by atoms with E-state index >= 15 is 0 Å². The molecule has 134 heavy (non-hydrogen) atoms. The molecule has 35 nitrogen and oxygen atoms in total. The lowest BCUT2D eigenvalue weighted by atomic mass is 9.80. The number of Topliss-reactive ketones (excluding diaryl/α,β-unsaturated/α-hetero) is 3. The second-order valence-corrected chi connectivity index (χ2v) is 37.6. The number of esters is 1. The predicted octanol–water partition coefficient (Wildman–Crippen LogP) is 8.65. The van der Waals surface area contributed by atoms with Crippen LogP contribution in [0.2, 0.25) is 0 Å². The molecule has 35 heteroatoms. The number of nitrogens with zero attached hydrogens (tertiary/aromatic N) is 15. The van der Waals surface area contributed by atoms with E-state index < -0.39 is 108 Å². The van der Waals surface area contributed by atoms with Crippen LogP contribution in [-0.2, 0) is 94.4 Å². The van der Waals surface area contributed by atoms with Gasteiger partial charge in [-0.3, -0.25) is 33.7 Å². The lowest BCUT2D eigenvalue weighted by Crippen LogP contribution is -2.61. The molecule has 4 amide bonds. The summed E-state index contributed by atoms with van der Waals surface area (Å²) >= 11 is 0.